The fourth-order valence-corrected chi connectivity index (χ4v) is 2.20. The van der Waals surface area contributed by atoms with Gasteiger partial charge in [0, 0.05) is 6.07 Å². The molecule has 6 nitrogen and oxygen atoms in total. The Labute approximate surface area is 144 Å². The highest BCUT2D eigenvalue weighted by atomic mass is 19.1. The second kappa shape index (κ2) is 8.23. The van der Waals surface area contributed by atoms with E-state index in [2.05, 4.69) is 10.3 Å². The SMILES string of the molecule is CC(C)Oc1cccc(C(=O)NC(CC(=O)O)c2ccc(F)cc2)n1. The molecule has 0 saturated carbocycles. The molecule has 1 aromatic carbocycles. The third-order valence-electron chi connectivity index (χ3n) is 3.27. The van der Waals surface area contributed by atoms with E-state index in [1.807, 2.05) is 13.8 Å². The molecule has 0 radical (unpaired) electrons. The summed E-state index contributed by atoms with van der Waals surface area (Å²) in [6.45, 7) is 3.68. The summed E-state index contributed by atoms with van der Waals surface area (Å²) in [6, 6.07) is 9.27. The lowest BCUT2D eigenvalue weighted by Crippen LogP contribution is -2.31. The van der Waals surface area contributed by atoms with Crippen LogP contribution in [-0.4, -0.2) is 28.1 Å². The van der Waals surface area contributed by atoms with Crippen molar-refractivity contribution in [3.63, 3.8) is 0 Å². The lowest BCUT2D eigenvalue weighted by atomic mass is 10.0. The van der Waals surface area contributed by atoms with E-state index in [0.29, 0.717) is 11.4 Å². The Bertz CT molecular complexity index is 747. The molecule has 2 aromatic rings. The van der Waals surface area contributed by atoms with Crippen LogP contribution in [0.2, 0.25) is 0 Å². The van der Waals surface area contributed by atoms with E-state index < -0.39 is 23.7 Å². The largest absolute Gasteiger partial charge is 0.481 e. The fraction of sp³-hybridized carbons (Fsp3) is 0.278. The van der Waals surface area contributed by atoms with E-state index in [0.717, 1.165) is 0 Å². The third kappa shape index (κ3) is 5.56. The third-order valence-corrected chi connectivity index (χ3v) is 3.27. The van der Waals surface area contributed by atoms with Crippen LogP contribution in [0.1, 0.15) is 42.4 Å². The highest BCUT2D eigenvalue weighted by Gasteiger charge is 2.20. The van der Waals surface area contributed by atoms with Crippen molar-refractivity contribution in [3.8, 4) is 5.88 Å². The van der Waals surface area contributed by atoms with Crippen molar-refractivity contribution < 1.29 is 23.8 Å². The van der Waals surface area contributed by atoms with Crippen LogP contribution in [0.3, 0.4) is 0 Å². The van der Waals surface area contributed by atoms with Gasteiger partial charge in [-0.3, -0.25) is 9.59 Å². The molecule has 0 aliphatic rings. The van der Waals surface area contributed by atoms with Crippen molar-refractivity contribution in [1.29, 1.82) is 0 Å². The minimum atomic E-state index is -1.08. The number of carbonyl (C=O) groups is 2. The van der Waals surface area contributed by atoms with E-state index in [1.54, 1.807) is 12.1 Å². The topological polar surface area (TPSA) is 88.5 Å². The predicted molar refractivity (Wildman–Crippen MR) is 88.9 cm³/mol. The molecule has 1 unspecified atom stereocenters. The number of hydrogen-bond acceptors (Lipinski definition) is 4. The smallest absolute Gasteiger partial charge is 0.305 e. The highest BCUT2D eigenvalue weighted by molar-refractivity contribution is 5.93. The van der Waals surface area contributed by atoms with E-state index in [9.17, 15) is 14.0 Å². The standard InChI is InChI=1S/C18H19FN2O4/c1-11(2)25-16-5-3-4-14(20-16)18(24)21-15(10-17(22)23)12-6-8-13(19)9-7-12/h3-9,11,15H,10H2,1-2H3,(H,21,24)(H,22,23). The van der Waals surface area contributed by atoms with Gasteiger partial charge in [0.05, 0.1) is 18.6 Å². The van der Waals surface area contributed by atoms with Crippen molar-refractivity contribution in [2.75, 3.05) is 0 Å². The minimum Gasteiger partial charge on any atom is -0.481 e. The molecule has 0 bridgehead atoms. The molecule has 0 fully saturated rings. The van der Waals surface area contributed by atoms with Gasteiger partial charge in [-0.1, -0.05) is 18.2 Å². The summed E-state index contributed by atoms with van der Waals surface area (Å²) in [7, 11) is 0. The van der Waals surface area contributed by atoms with Gasteiger partial charge in [-0.25, -0.2) is 9.37 Å². The normalized spacial score (nSPS) is 11.8. The van der Waals surface area contributed by atoms with Crippen molar-refractivity contribution in [2.24, 2.45) is 0 Å². The van der Waals surface area contributed by atoms with E-state index in [4.69, 9.17) is 9.84 Å². The molecule has 1 aromatic heterocycles. The Hall–Kier alpha value is -2.96. The average Bonchev–Trinajstić information content (AvgIpc) is 2.54. The van der Waals surface area contributed by atoms with Gasteiger partial charge in [-0.05, 0) is 37.6 Å². The molecule has 1 heterocycles. The maximum Gasteiger partial charge on any atom is 0.305 e. The number of benzene rings is 1. The molecule has 0 saturated heterocycles. The molecule has 7 heteroatoms. The molecular weight excluding hydrogens is 327 g/mol. The molecule has 0 aliphatic heterocycles. The zero-order chi connectivity index (χ0) is 18.4. The van der Waals surface area contributed by atoms with Crippen molar-refractivity contribution in [2.45, 2.75) is 32.4 Å². The fourth-order valence-electron chi connectivity index (χ4n) is 2.20. The van der Waals surface area contributed by atoms with Crippen LogP contribution in [0, 0.1) is 5.82 Å². The first-order valence-corrected chi connectivity index (χ1v) is 7.77. The molecule has 0 aliphatic carbocycles. The van der Waals surface area contributed by atoms with Gasteiger partial charge in [0.2, 0.25) is 5.88 Å². The minimum absolute atomic E-state index is 0.0928. The number of pyridine rings is 1. The maximum atomic E-state index is 13.1. The second-order valence-corrected chi connectivity index (χ2v) is 5.70. The molecule has 1 atom stereocenters. The van der Waals surface area contributed by atoms with Gasteiger partial charge in [0.1, 0.15) is 11.5 Å². The number of ether oxygens (including phenoxy) is 1. The summed E-state index contributed by atoms with van der Waals surface area (Å²) >= 11 is 0. The lowest BCUT2D eigenvalue weighted by Gasteiger charge is -2.17. The van der Waals surface area contributed by atoms with Crippen molar-refractivity contribution >= 4 is 11.9 Å². The Balaban J connectivity index is 2.19. The lowest BCUT2D eigenvalue weighted by molar-refractivity contribution is -0.137. The van der Waals surface area contributed by atoms with Gasteiger partial charge in [0.15, 0.2) is 0 Å². The molecule has 2 rings (SSSR count). The van der Waals surface area contributed by atoms with Crippen LogP contribution < -0.4 is 10.1 Å². The summed E-state index contributed by atoms with van der Waals surface area (Å²) in [5, 5.41) is 11.7. The number of aliphatic carboxylic acids is 1. The summed E-state index contributed by atoms with van der Waals surface area (Å²) in [5.74, 6) is -1.76. The number of carbonyl (C=O) groups excluding carboxylic acids is 1. The summed E-state index contributed by atoms with van der Waals surface area (Å²) in [5.41, 5.74) is 0.599. The van der Waals surface area contributed by atoms with Gasteiger partial charge >= 0.3 is 5.97 Å². The zero-order valence-corrected chi connectivity index (χ0v) is 13.9. The average molecular weight is 346 g/mol. The number of nitrogens with zero attached hydrogens (tertiary/aromatic N) is 1. The van der Waals surface area contributed by atoms with Crippen LogP contribution in [0.15, 0.2) is 42.5 Å². The van der Waals surface area contributed by atoms with Gasteiger partial charge in [-0.2, -0.15) is 0 Å². The molecule has 1 amide bonds. The van der Waals surface area contributed by atoms with Crippen LogP contribution >= 0.6 is 0 Å². The number of aromatic nitrogens is 1. The van der Waals surface area contributed by atoms with Crippen LogP contribution in [0.25, 0.3) is 0 Å². The highest BCUT2D eigenvalue weighted by Crippen LogP contribution is 2.18. The second-order valence-electron chi connectivity index (χ2n) is 5.70. The number of hydrogen-bond donors (Lipinski definition) is 2. The predicted octanol–water partition coefficient (Wildman–Crippen LogP) is 2.95. The first kappa shape index (κ1) is 18.4. The molecule has 0 spiro atoms. The molecule has 132 valence electrons. The van der Waals surface area contributed by atoms with Crippen LogP contribution in [0.4, 0.5) is 4.39 Å². The first-order chi connectivity index (χ1) is 11.8. The number of nitrogens with one attached hydrogen (secondary N) is 1. The van der Waals surface area contributed by atoms with E-state index in [1.165, 1.54) is 30.3 Å². The number of amides is 1. The van der Waals surface area contributed by atoms with Gasteiger partial charge in [0.25, 0.3) is 5.91 Å². The molecular formula is C18H19FN2O4. The Morgan fingerprint density at radius 1 is 1.20 bits per heavy atom. The quantitative estimate of drug-likeness (QED) is 0.805. The molecule has 25 heavy (non-hydrogen) atoms. The van der Waals surface area contributed by atoms with Crippen LogP contribution in [-0.2, 0) is 4.79 Å². The monoisotopic (exact) mass is 346 g/mol. The van der Waals surface area contributed by atoms with E-state index >= 15 is 0 Å². The Morgan fingerprint density at radius 3 is 2.48 bits per heavy atom. The number of carboxylic acids is 1. The maximum absolute atomic E-state index is 13.1. The van der Waals surface area contributed by atoms with Crippen LogP contribution in [0.5, 0.6) is 5.88 Å². The number of halogens is 1. The zero-order valence-electron chi connectivity index (χ0n) is 13.9. The van der Waals surface area contributed by atoms with Gasteiger partial charge in [-0.15, -0.1) is 0 Å². The molecule has 2 N–H and O–H groups in total. The van der Waals surface area contributed by atoms with Crippen molar-refractivity contribution in [1.82, 2.24) is 10.3 Å². The summed E-state index contributed by atoms with van der Waals surface area (Å²) in [4.78, 5) is 27.6. The van der Waals surface area contributed by atoms with E-state index in [-0.39, 0.29) is 18.2 Å². The number of rotatable bonds is 7. The Morgan fingerprint density at radius 2 is 1.88 bits per heavy atom. The first-order valence-electron chi connectivity index (χ1n) is 7.77. The van der Waals surface area contributed by atoms with Gasteiger partial charge < -0.3 is 15.2 Å². The Kier molecular flexibility index (Phi) is 6.05. The number of carboxylic acid groups (broad SMARTS) is 1. The summed E-state index contributed by atoms with van der Waals surface area (Å²) < 4.78 is 18.5. The van der Waals surface area contributed by atoms with Crippen molar-refractivity contribution in [3.05, 3.63) is 59.5 Å². The summed E-state index contributed by atoms with van der Waals surface area (Å²) in [6.07, 6.45) is -0.427.